The molecule has 0 aliphatic heterocycles. The highest BCUT2D eigenvalue weighted by atomic mass is 79.9. The lowest BCUT2D eigenvalue weighted by Gasteiger charge is -2.06. The Morgan fingerprint density at radius 1 is 1.55 bits per heavy atom. The van der Waals surface area contributed by atoms with Gasteiger partial charge in [-0.3, -0.25) is 0 Å². The number of rotatable bonds is 2. The molecule has 0 saturated carbocycles. The molecular formula is C8H9BrOS. The fourth-order valence-corrected chi connectivity index (χ4v) is 1.45. The van der Waals surface area contributed by atoms with E-state index in [4.69, 9.17) is 0 Å². The van der Waals surface area contributed by atoms with Crippen LogP contribution >= 0.6 is 28.6 Å². The van der Waals surface area contributed by atoms with Gasteiger partial charge in [-0.15, -0.1) is 0 Å². The van der Waals surface area contributed by atoms with Crippen molar-refractivity contribution in [3.63, 3.8) is 0 Å². The maximum Gasteiger partial charge on any atom is 0.0878 e. The van der Waals surface area contributed by atoms with Crippen molar-refractivity contribution >= 4 is 28.6 Å². The Morgan fingerprint density at radius 3 is 2.82 bits per heavy atom. The quantitative estimate of drug-likeness (QED) is 0.751. The van der Waals surface area contributed by atoms with Crippen LogP contribution in [0.15, 0.2) is 28.7 Å². The summed E-state index contributed by atoms with van der Waals surface area (Å²) in [6, 6.07) is 7.59. The van der Waals surface area contributed by atoms with Gasteiger partial charge in [0.2, 0.25) is 0 Å². The summed E-state index contributed by atoms with van der Waals surface area (Å²) in [7, 11) is 0. The van der Waals surface area contributed by atoms with E-state index >= 15 is 0 Å². The number of thiol groups is 1. The molecule has 0 saturated heterocycles. The Hall–Kier alpha value is 0.01000. The Balaban J connectivity index is 2.86. The van der Waals surface area contributed by atoms with Gasteiger partial charge in [-0.25, -0.2) is 0 Å². The lowest BCUT2D eigenvalue weighted by atomic mass is 10.1. The molecule has 1 rings (SSSR count). The van der Waals surface area contributed by atoms with Crippen molar-refractivity contribution in [2.24, 2.45) is 0 Å². The van der Waals surface area contributed by atoms with Gasteiger partial charge >= 0.3 is 0 Å². The van der Waals surface area contributed by atoms with Crippen LogP contribution in [-0.4, -0.2) is 10.9 Å². The van der Waals surface area contributed by atoms with Gasteiger partial charge in [-0.2, -0.15) is 12.6 Å². The van der Waals surface area contributed by atoms with E-state index in [0.717, 1.165) is 10.0 Å². The standard InChI is InChI=1S/C8H9BrOS/c9-7-3-1-2-6(4-7)8(10)5-11/h1-4,8,10-11H,5H2. The molecule has 11 heavy (non-hydrogen) atoms. The lowest BCUT2D eigenvalue weighted by molar-refractivity contribution is 0.204. The molecule has 0 heterocycles. The second kappa shape index (κ2) is 4.14. The van der Waals surface area contributed by atoms with Crippen molar-refractivity contribution in [2.45, 2.75) is 6.10 Å². The first-order chi connectivity index (χ1) is 5.24. The van der Waals surface area contributed by atoms with E-state index in [2.05, 4.69) is 28.6 Å². The van der Waals surface area contributed by atoms with Gasteiger partial charge < -0.3 is 5.11 Å². The second-order valence-corrected chi connectivity index (χ2v) is 3.53. The monoisotopic (exact) mass is 232 g/mol. The van der Waals surface area contributed by atoms with Crippen LogP contribution in [0.1, 0.15) is 11.7 Å². The van der Waals surface area contributed by atoms with E-state index in [-0.39, 0.29) is 0 Å². The van der Waals surface area contributed by atoms with Crippen molar-refractivity contribution in [1.29, 1.82) is 0 Å². The van der Waals surface area contributed by atoms with Gasteiger partial charge in [0.1, 0.15) is 0 Å². The molecule has 1 aromatic carbocycles. The van der Waals surface area contributed by atoms with Crippen LogP contribution in [0.4, 0.5) is 0 Å². The fraction of sp³-hybridized carbons (Fsp3) is 0.250. The highest BCUT2D eigenvalue weighted by Gasteiger charge is 2.03. The molecule has 60 valence electrons. The third-order valence-electron chi connectivity index (χ3n) is 1.41. The Bertz CT molecular complexity index is 239. The first-order valence-electron chi connectivity index (χ1n) is 3.28. The predicted molar refractivity (Wildman–Crippen MR) is 53.0 cm³/mol. The summed E-state index contributed by atoms with van der Waals surface area (Å²) in [5.74, 6) is 0.455. The van der Waals surface area contributed by atoms with Gasteiger partial charge in [0.15, 0.2) is 0 Å². The zero-order chi connectivity index (χ0) is 8.27. The topological polar surface area (TPSA) is 20.2 Å². The molecule has 1 nitrogen and oxygen atoms in total. The van der Waals surface area contributed by atoms with Crippen LogP contribution in [-0.2, 0) is 0 Å². The molecule has 3 heteroatoms. The summed E-state index contributed by atoms with van der Waals surface area (Å²) in [6.45, 7) is 0. The number of hydrogen-bond acceptors (Lipinski definition) is 2. The molecule has 1 unspecified atom stereocenters. The molecule has 0 aliphatic rings. The minimum atomic E-state index is -0.462. The van der Waals surface area contributed by atoms with E-state index in [1.807, 2.05) is 24.3 Å². The van der Waals surface area contributed by atoms with Crippen LogP contribution in [0.25, 0.3) is 0 Å². The zero-order valence-electron chi connectivity index (χ0n) is 5.87. The van der Waals surface area contributed by atoms with Gasteiger partial charge in [0.05, 0.1) is 6.10 Å². The SMILES string of the molecule is OC(CS)c1cccc(Br)c1. The first kappa shape index (κ1) is 9.10. The second-order valence-electron chi connectivity index (χ2n) is 2.25. The van der Waals surface area contributed by atoms with Crippen molar-refractivity contribution in [3.8, 4) is 0 Å². The molecule has 0 amide bonds. The highest BCUT2D eigenvalue weighted by Crippen LogP contribution is 2.18. The van der Waals surface area contributed by atoms with Crippen molar-refractivity contribution < 1.29 is 5.11 Å². The molecule has 1 N–H and O–H groups in total. The number of halogens is 1. The molecule has 0 fully saturated rings. The summed E-state index contributed by atoms with van der Waals surface area (Å²) in [4.78, 5) is 0. The Morgan fingerprint density at radius 2 is 2.27 bits per heavy atom. The van der Waals surface area contributed by atoms with Crippen molar-refractivity contribution in [3.05, 3.63) is 34.3 Å². The van der Waals surface area contributed by atoms with E-state index in [1.54, 1.807) is 0 Å². The van der Waals surface area contributed by atoms with Gasteiger partial charge in [-0.1, -0.05) is 28.1 Å². The van der Waals surface area contributed by atoms with Gasteiger partial charge in [-0.05, 0) is 17.7 Å². The molecular weight excluding hydrogens is 224 g/mol. The van der Waals surface area contributed by atoms with E-state index in [0.29, 0.717) is 5.75 Å². The molecule has 0 bridgehead atoms. The summed E-state index contributed by atoms with van der Waals surface area (Å²) in [5, 5.41) is 9.36. The largest absolute Gasteiger partial charge is 0.388 e. The fourth-order valence-electron chi connectivity index (χ4n) is 0.819. The molecule has 0 spiro atoms. The molecule has 0 aromatic heterocycles. The van der Waals surface area contributed by atoms with Crippen molar-refractivity contribution in [2.75, 3.05) is 5.75 Å². The highest BCUT2D eigenvalue weighted by molar-refractivity contribution is 9.10. The molecule has 1 atom stereocenters. The van der Waals surface area contributed by atoms with Crippen LogP contribution in [0.5, 0.6) is 0 Å². The minimum Gasteiger partial charge on any atom is -0.388 e. The van der Waals surface area contributed by atoms with Crippen LogP contribution in [0, 0.1) is 0 Å². The average Bonchev–Trinajstić information content (AvgIpc) is 2.03. The summed E-state index contributed by atoms with van der Waals surface area (Å²) < 4.78 is 0.982. The number of aliphatic hydroxyl groups is 1. The van der Waals surface area contributed by atoms with Crippen LogP contribution < -0.4 is 0 Å². The maximum absolute atomic E-state index is 9.36. The third kappa shape index (κ3) is 2.51. The third-order valence-corrected chi connectivity index (χ3v) is 2.25. The Kier molecular flexibility index (Phi) is 3.43. The van der Waals surface area contributed by atoms with E-state index < -0.39 is 6.10 Å². The number of benzene rings is 1. The lowest BCUT2D eigenvalue weighted by Crippen LogP contribution is -1.97. The smallest absolute Gasteiger partial charge is 0.0878 e. The zero-order valence-corrected chi connectivity index (χ0v) is 8.35. The number of aliphatic hydroxyl groups excluding tert-OH is 1. The predicted octanol–water partition coefficient (Wildman–Crippen LogP) is 2.41. The summed E-state index contributed by atoms with van der Waals surface area (Å²) >= 11 is 7.32. The summed E-state index contributed by atoms with van der Waals surface area (Å²) in [6.07, 6.45) is -0.462. The number of hydrogen-bond donors (Lipinski definition) is 2. The molecule has 0 radical (unpaired) electrons. The van der Waals surface area contributed by atoms with Crippen LogP contribution in [0.2, 0.25) is 0 Å². The van der Waals surface area contributed by atoms with Gasteiger partial charge in [0, 0.05) is 10.2 Å². The summed E-state index contributed by atoms with van der Waals surface area (Å²) in [5.41, 5.74) is 0.898. The van der Waals surface area contributed by atoms with E-state index in [9.17, 15) is 5.11 Å². The minimum absolute atomic E-state index is 0.455. The van der Waals surface area contributed by atoms with E-state index in [1.165, 1.54) is 0 Å². The molecule has 0 aliphatic carbocycles. The van der Waals surface area contributed by atoms with Crippen LogP contribution in [0.3, 0.4) is 0 Å². The van der Waals surface area contributed by atoms with Crippen molar-refractivity contribution in [1.82, 2.24) is 0 Å². The Labute approximate surface area is 80.0 Å². The first-order valence-corrected chi connectivity index (χ1v) is 4.71. The average molecular weight is 233 g/mol. The maximum atomic E-state index is 9.36. The normalized spacial score (nSPS) is 13.0. The molecule has 1 aromatic rings. The van der Waals surface area contributed by atoms with Gasteiger partial charge in [0.25, 0.3) is 0 Å².